The van der Waals surface area contributed by atoms with Gasteiger partial charge in [-0.3, -0.25) is 9.58 Å². The van der Waals surface area contributed by atoms with E-state index in [9.17, 15) is 0 Å². The molecule has 0 fully saturated rings. The first-order chi connectivity index (χ1) is 9.62. The summed E-state index contributed by atoms with van der Waals surface area (Å²) in [6, 6.07) is 0. The van der Waals surface area contributed by atoms with E-state index >= 15 is 0 Å². The molecule has 0 aliphatic rings. The molecule has 1 aromatic rings. The summed E-state index contributed by atoms with van der Waals surface area (Å²) in [6.07, 6.45) is 3.97. The van der Waals surface area contributed by atoms with E-state index in [-0.39, 0.29) is 11.1 Å². The van der Waals surface area contributed by atoms with Gasteiger partial charge in [0.25, 0.3) is 0 Å². The van der Waals surface area contributed by atoms with E-state index < -0.39 is 0 Å². The number of hydrogen-bond donors (Lipinski definition) is 1. The second-order valence-corrected chi connectivity index (χ2v) is 7.48. The molecule has 0 aliphatic heterocycles. The smallest absolute Gasteiger partial charge is 0.0965 e. The summed E-state index contributed by atoms with van der Waals surface area (Å²) in [6.45, 7) is 20.3. The molecule has 0 radical (unpaired) electrons. The maximum absolute atomic E-state index is 4.22. The van der Waals surface area contributed by atoms with Crippen molar-refractivity contribution in [2.24, 2.45) is 0 Å². The van der Waals surface area contributed by atoms with Gasteiger partial charge in [-0.15, -0.1) is 11.7 Å². The summed E-state index contributed by atoms with van der Waals surface area (Å²) >= 11 is 0. The molecule has 0 amide bonds. The molecule has 5 nitrogen and oxygen atoms in total. The lowest BCUT2D eigenvalue weighted by molar-refractivity contribution is 0.146. The number of hydrogen-bond acceptors (Lipinski definition) is 4. The normalized spacial score (nSPS) is 12.9. The van der Waals surface area contributed by atoms with Crippen molar-refractivity contribution in [2.75, 3.05) is 13.1 Å². The van der Waals surface area contributed by atoms with Gasteiger partial charge in [0.1, 0.15) is 0 Å². The Labute approximate surface area is 129 Å². The quantitative estimate of drug-likeness (QED) is 0.784. The largest absolute Gasteiger partial charge is 0.306 e. The molecule has 0 bridgehead atoms. The molecule has 0 saturated carbocycles. The van der Waals surface area contributed by atoms with Crippen molar-refractivity contribution in [3.63, 3.8) is 0 Å². The maximum Gasteiger partial charge on any atom is 0.0965 e. The third-order valence-corrected chi connectivity index (χ3v) is 3.28. The van der Waals surface area contributed by atoms with Crippen molar-refractivity contribution < 1.29 is 0 Å². The van der Waals surface area contributed by atoms with Crippen LogP contribution in [0.4, 0.5) is 0 Å². The zero-order chi connectivity index (χ0) is 16.1. The standard InChI is InChI=1S/C16H31N5/c1-8-9-20(16(5,6)7)10-11-21-13-14(18-19-21)12-17-15(2,3)4/h8,13,17H,1,9-12H2,2-7H3. The van der Waals surface area contributed by atoms with E-state index in [2.05, 4.69) is 68.7 Å². The van der Waals surface area contributed by atoms with Crippen LogP contribution in [0.25, 0.3) is 0 Å². The van der Waals surface area contributed by atoms with Gasteiger partial charge in [0.2, 0.25) is 0 Å². The van der Waals surface area contributed by atoms with Gasteiger partial charge in [-0.1, -0.05) is 11.3 Å². The van der Waals surface area contributed by atoms with E-state index in [0.29, 0.717) is 0 Å². The summed E-state index contributed by atoms with van der Waals surface area (Å²) in [4.78, 5) is 2.38. The van der Waals surface area contributed by atoms with Gasteiger partial charge < -0.3 is 5.32 Å². The van der Waals surface area contributed by atoms with Crippen molar-refractivity contribution in [3.8, 4) is 0 Å². The highest BCUT2D eigenvalue weighted by molar-refractivity contribution is 4.93. The molecule has 0 spiro atoms. The van der Waals surface area contributed by atoms with Gasteiger partial charge in [0.05, 0.1) is 12.2 Å². The lowest BCUT2D eigenvalue weighted by atomic mass is 10.1. The molecule has 0 aliphatic carbocycles. The molecule has 1 heterocycles. The number of aromatic nitrogens is 3. The Morgan fingerprint density at radius 1 is 1.29 bits per heavy atom. The first-order valence-corrected chi connectivity index (χ1v) is 7.62. The molecule has 0 unspecified atom stereocenters. The topological polar surface area (TPSA) is 46.0 Å². The second kappa shape index (κ2) is 7.18. The summed E-state index contributed by atoms with van der Waals surface area (Å²) in [7, 11) is 0. The molecule has 1 aromatic heterocycles. The van der Waals surface area contributed by atoms with Crippen molar-refractivity contribution in [3.05, 3.63) is 24.5 Å². The molecule has 0 saturated heterocycles. The molecule has 1 N–H and O–H groups in total. The Morgan fingerprint density at radius 2 is 1.95 bits per heavy atom. The zero-order valence-electron chi connectivity index (χ0n) is 14.5. The predicted octanol–water partition coefficient (Wildman–Crippen LogP) is 2.45. The second-order valence-electron chi connectivity index (χ2n) is 7.48. The highest BCUT2D eigenvalue weighted by Crippen LogP contribution is 2.12. The van der Waals surface area contributed by atoms with Crippen LogP contribution in [0.15, 0.2) is 18.9 Å². The average Bonchev–Trinajstić information content (AvgIpc) is 2.77. The first kappa shape index (κ1) is 17.9. The third kappa shape index (κ3) is 6.87. The van der Waals surface area contributed by atoms with Crippen molar-refractivity contribution in [2.45, 2.75) is 65.7 Å². The van der Waals surface area contributed by atoms with E-state index in [0.717, 1.165) is 31.9 Å². The Morgan fingerprint density at radius 3 is 2.48 bits per heavy atom. The number of nitrogens with one attached hydrogen (secondary N) is 1. The molecular formula is C16H31N5. The van der Waals surface area contributed by atoms with E-state index in [1.807, 2.05) is 17.0 Å². The van der Waals surface area contributed by atoms with Gasteiger partial charge >= 0.3 is 0 Å². The minimum Gasteiger partial charge on any atom is -0.306 e. The van der Waals surface area contributed by atoms with Crippen LogP contribution in [0.1, 0.15) is 47.2 Å². The monoisotopic (exact) mass is 293 g/mol. The van der Waals surface area contributed by atoms with Gasteiger partial charge in [0.15, 0.2) is 0 Å². The van der Waals surface area contributed by atoms with E-state index in [4.69, 9.17) is 0 Å². The number of nitrogens with zero attached hydrogens (tertiary/aromatic N) is 4. The van der Waals surface area contributed by atoms with E-state index in [1.165, 1.54) is 0 Å². The first-order valence-electron chi connectivity index (χ1n) is 7.62. The Kier molecular flexibility index (Phi) is 6.10. The summed E-state index contributed by atoms with van der Waals surface area (Å²) in [5.41, 5.74) is 1.21. The Balaban J connectivity index is 2.52. The van der Waals surface area contributed by atoms with Crippen molar-refractivity contribution in [1.29, 1.82) is 0 Å². The Hall–Kier alpha value is -1.20. The van der Waals surface area contributed by atoms with Gasteiger partial charge in [-0.2, -0.15) is 0 Å². The minimum absolute atomic E-state index is 0.0940. The molecule has 21 heavy (non-hydrogen) atoms. The fourth-order valence-corrected chi connectivity index (χ4v) is 1.96. The highest BCUT2D eigenvalue weighted by atomic mass is 15.4. The summed E-state index contributed by atoms with van der Waals surface area (Å²) < 4.78 is 1.92. The minimum atomic E-state index is 0.0940. The van der Waals surface area contributed by atoms with Gasteiger partial charge in [0, 0.05) is 36.9 Å². The number of rotatable bonds is 7. The summed E-state index contributed by atoms with van der Waals surface area (Å²) in [5.74, 6) is 0. The summed E-state index contributed by atoms with van der Waals surface area (Å²) in [5, 5.41) is 11.8. The molecule has 0 aromatic carbocycles. The van der Waals surface area contributed by atoms with Gasteiger partial charge in [-0.05, 0) is 41.5 Å². The van der Waals surface area contributed by atoms with Crippen LogP contribution in [-0.4, -0.2) is 44.1 Å². The lowest BCUT2D eigenvalue weighted by Crippen LogP contribution is -2.43. The molecule has 0 atom stereocenters. The fraction of sp³-hybridized carbons (Fsp3) is 0.750. The lowest BCUT2D eigenvalue weighted by Gasteiger charge is -2.34. The van der Waals surface area contributed by atoms with Crippen LogP contribution in [-0.2, 0) is 13.1 Å². The fourth-order valence-electron chi connectivity index (χ4n) is 1.96. The van der Waals surface area contributed by atoms with Gasteiger partial charge in [-0.25, -0.2) is 0 Å². The highest BCUT2D eigenvalue weighted by Gasteiger charge is 2.19. The van der Waals surface area contributed by atoms with Crippen LogP contribution in [0.2, 0.25) is 0 Å². The van der Waals surface area contributed by atoms with Crippen LogP contribution in [0, 0.1) is 0 Å². The van der Waals surface area contributed by atoms with E-state index in [1.54, 1.807) is 0 Å². The van der Waals surface area contributed by atoms with Crippen LogP contribution in [0.5, 0.6) is 0 Å². The Bertz CT molecular complexity index is 436. The van der Waals surface area contributed by atoms with Crippen LogP contribution < -0.4 is 5.32 Å². The molecule has 1 rings (SSSR count). The average molecular weight is 293 g/mol. The molecule has 5 heteroatoms. The molecular weight excluding hydrogens is 262 g/mol. The predicted molar refractivity (Wildman–Crippen MR) is 88.1 cm³/mol. The van der Waals surface area contributed by atoms with Crippen LogP contribution >= 0.6 is 0 Å². The van der Waals surface area contributed by atoms with Crippen molar-refractivity contribution in [1.82, 2.24) is 25.2 Å². The third-order valence-electron chi connectivity index (χ3n) is 3.28. The van der Waals surface area contributed by atoms with Crippen molar-refractivity contribution >= 4 is 0 Å². The maximum atomic E-state index is 4.22. The SMILES string of the molecule is C=CCN(CCn1cc(CNC(C)(C)C)nn1)C(C)(C)C. The van der Waals surface area contributed by atoms with Crippen LogP contribution in [0.3, 0.4) is 0 Å². The molecule has 120 valence electrons. The zero-order valence-corrected chi connectivity index (χ0v) is 14.5.